The molecule has 0 radical (unpaired) electrons. The Labute approximate surface area is 160 Å². The van der Waals surface area contributed by atoms with Crippen LogP contribution in [0.15, 0.2) is 42.9 Å². The fraction of sp³-hybridized carbons (Fsp3) is 0.400. The van der Waals surface area contributed by atoms with Gasteiger partial charge in [-0.3, -0.25) is 4.72 Å². The predicted molar refractivity (Wildman–Crippen MR) is 111 cm³/mol. The van der Waals surface area contributed by atoms with Crippen LogP contribution in [0, 0.1) is 5.92 Å². The third-order valence-corrected chi connectivity index (χ3v) is 4.79. The molecule has 138 valence electrons. The van der Waals surface area contributed by atoms with Crippen molar-refractivity contribution in [3.05, 3.63) is 48.4 Å². The van der Waals surface area contributed by atoms with Crippen LogP contribution in [0.4, 0.5) is 0 Å². The molecule has 3 aromatic rings. The van der Waals surface area contributed by atoms with Crippen molar-refractivity contribution in [1.29, 1.82) is 0 Å². The summed E-state index contributed by atoms with van der Waals surface area (Å²) in [5.74, 6) is 1.37. The number of nitrogens with one attached hydrogen (secondary N) is 1. The molecule has 6 heteroatoms. The third kappa shape index (κ3) is 4.63. The highest BCUT2D eigenvalue weighted by atomic mass is 32.2. The Balaban J connectivity index is 1.91. The molecule has 0 spiro atoms. The lowest BCUT2D eigenvalue weighted by Crippen LogP contribution is -2.15. The maximum Gasteiger partial charge on any atom is 0.159 e. The molecule has 0 saturated heterocycles. The van der Waals surface area contributed by atoms with E-state index in [-0.39, 0.29) is 0 Å². The van der Waals surface area contributed by atoms with Crippen LogP contribution >= 0.6 is 12.1 Å². The number of rotatable bonds is 8. The molecule has 0 aliphatic rings. The largest absolute Gasteiger partial charge is 0.347 e. The molecular weight excluding hydrogens is 342 g/mol. The zero-order valence-electron chi connectivity index (χ0n) is 15.9. The molecule has 0 aliphatic carbocycles. The molecule has 0 unspecified atom stereocenters. The topological polar surface area (TPSA) is 46.0 Å². The van der Waals surface area contributed by atoms with Gasteiger partial charge in [-0.15, -0.1) is 0 Å². The van der Waals surface area contributed by atoms with E-state index in [1.807, 2.05) is 20.2 Å². The highest BCUT2D eigenvalue weighted by Crippen LogP contribution is 2.27. The smallest absolute Gasteiger partial charge is 0.159 e. The normalized spacial score (nSPS) is 11.8. The molecule has 26 heavy (non-hydrogen) atoms. The van der Waals surface area contributed by atoms with Gasteiger partial charge < -0.3 is 4.57 Å². The average Bonchev–Trinajstić information content (AvgIpc) is 2.96. The van der Waals surface area contributed by atoms with Crippen LogP contribution in [-0.4, -0.2) is 39.5 Å². The molecule has 2 heterocycles. The van der Waals surface area contributed by atoms with Crippen LogP contribution in [0.3, 0.4) is 0 Å². The van der Waals surface area contributed by atoms with Crippen LogP contribution in [0.2, 0.25) is 0 Å². The molecular formula is C20H27N5S. The van der Waals surface area contributed by atoms with Crippen molar-refractivity contribution in [2.45, 2.75) is 26.8 Å². The minimum atomic E-state index is 0.595. The maximum atomic E-state index is 4.39. The molecule has 3 rings (SSSR count). The predicted octanol–water partition coefficient (Wildman–Crippen LogP) is 4.01. The summed E-state index contributed by atoms with van der Waals surface area (Å²) in [6.45, 7) is 6.46. The van der Waals surface area contributed by atoms with E-state index in [1.54, 1.807) is 24.5 Å². The Bertz CT molecular complexity index is 842. The van der Waals surface area contributed by atoms with Crippen LogP contribution < -0.4 is 4.72 Å². The number of aromatic nitrogens is 3. The summed E-state index contributed by atoms with van der Waals surface area (Å²) in [6, 6.07) is 8.41. The van der Waals surface area contributed by atoms with Gasteiger partial charge in [0, 0.05) is 60.3 Å². The van der Waals surface area contributed by atoms with Gasteiger partial charge in [0.05, 0.1) is 0 Å². The zero-order chi connectivity index (χ0) is 18.5. The van der Waals surface area contributed by atoms with Crippen molar-refractivity contribution >= 4 is 23.0 Å². The SMILES string of the molecule is CC(C)Cn1cc(CCNSN(C)C)c2ccc(-c3ncccn3)cc21. The highest BCUT2D eigenvalue weighted by molar-refractivity contribution is 7.95. The minimum Gasteiger partial charge on any atom is -0.347 e. The second-order valence-corrected chi connectivity index (χ2v) is 8.25. The van der Waals surface area contributed by atoms with Gasteiger partial charge in [-0.25, -0.2) is 14.3 Å². The summed E-state index contributed by atoms with van der Waals surface area (Å²) in [4.78, 5) is 8.79. The van der Waals surface area contributed by atoms with E-state index in [9.17, 15) is 0 Å². The number of benzene rings is 1. The average molecular weight is 370 g/mol. The first kappa shape index (κ1) is 18.9. The first-order valence-corrected chi connectivity index (χ1v) is 9.78. The lowest BCUT2D eigenvalue weighted by Gasteiger charge is -2.09. The van der Waals surface area contributed by atoms with E-state index in [2.05, 4.69) is 61.8 Å². The van der Waals surface area contributed by atoms with Crippen molar-refractivity contribution in [2.75, 3.05) is 20.6 Å². The van der Waals surface area contributed by atoms with Gasteiger partial charge in [-0.2, -0.15) is 0 Å². The van der Waals surface area contributed by atoms with E-state index < -0.39 is 0 Å². The summed E-state index contributed by atoms with van der Waals surface area (Å²) >= 11 is 1.63. The molecule has 1 aromatic carbocycles. The first-order chi connectivity index (χ1) is 12.5. The van der Waals surface area contributed by atoms with Gasteiger partial charge in [0.1, 0.15) is 0 Å². The molecule has 2 aromatic heterocycles. The number of fused-ring (bicyclic) bond motifs is 1. The van der Waals surface area contributed by atoms with Crippen molar-refractivity contribution in [1.82, 2.24) is 23.6 Å². The van der Waals surface area contributed by atoms with E-state index >= 15 is 0 Å². The van der Waals surface area contributed by atoms with Crippen molar-refractivity contribution in [3.63, 3.8) is 0 Å². The molecule has 0 amide bonds. The van der Waals surface area contributed by atoms with E-state index in [0.717, 1.165) is 30.9 Å². The highest BCUT2D eigenvalue weighted by Gasteiger charge is 2.12. The Morgan fingerprint density at radius 2 is 1.96 bits per heavy atom. The second-order valence-electron chi connectivity index (χ2n) is 7.05. The van der Waals surface area contributed by atoms with Crippen molar-refractivity contribution < 1.29 is 0 Å². The van der Waals surface area contributed by atoms with Crippen molar-refractivity contribution in [2.24, 2.45) is 5.92 Å². The minimum absolute atomic E-state index is 0.595. The summed E-state index contributed by atoms with van der Waals surface area (Å²) < 4.78 is 7.84. The van der Waals surface area contributed by atoms with Crippen molar-refractivity contribution in [3.8, 4) is 11.4 Å². The Hall–Kier alpha value is -1.89. The first-order valence-electron chi connectivity index (χ1n) is 9.01. The molecule has 0 saturated carbocycles. The second kappa shape index (κ2) is 8.66. The van der Waals surface area contributed by atoms with Crippen LogP contribution in [0.5, 0.6) is 0 Å². The molecule has 0 bridgehead atoms. The van der Waals surface area contributed by atoms with Gasteiger partial charge in [-0.05, 0) is 44.1 Å². The lowest BCUT2D eigenvalue weighted by atomic mass is 10.1. The van der Waals surface area contributed by atoms with E-state index in [1.165, 1.54) is 16.5 Å². The van der Waals surface area contributed by atoms with E-state index in [0.29, 0.717) is 5.92 Å². The summed E-state index contributed by atoms with van der Waals surface area (Å²) in [7, 11) is 4.08. The Kier molecular flexibility index (Phi) is 6.29. The summed E-state index contributed by atoms with van der Waals surface area (Å²) in [5.41, 5.74) is 3.71. The quantitative estimate of drug-likeness (QED) is 0.480. The lowest BCUT2D eigenvalue weighted by molar-refractivity contribution is 0.534. The third-order valence-electron chi connectivity index (χ3n) is 4.09. The van der Waals surface area contributed by atoms with Crippen LogP contribution in [0.1, 0.15) is 19.4 Å². The number of hydrogen-bond acceptors (Lipinski definition) is 5. The molecule has 1 N–H and O–H groups in total. The standard InChI is InChI=1S/C20H27N5S/c1-15(2)13-25-14-17(8-11-23-26-24(3)4)18-7-6-16(12-19(18)25)20-21-9-5-10-22-20/h5-7,9-10,12,14-15,23H,8,11,13H2,1-4H3. The Morgan fingerprint density at radius 3 is 2.65 bits per heavy atom. The van der Waals surface area contributed by atoms with Crippen LogP contribution in [0.25, 0.3) is 22.3 Å². The fourth-order valence-corrected chi connectivity index (χ4v) is 3.51. The van der Waals surface area contributed by atoms with Gasteiger partial charge in [0.15, 0.2) is 5.82 Å². The molecule has 0 fully saturated rings. The fourth-order valence-electron chi connectivity index (χ4n) is 3.06. The van der Waals surface area contributed by atoms with E-state index in [4.69, 9.17) is 0 Å². The number of hydrogen-bond donors (Lipinski definition) is 1. The molecule has 5 nitrogen and oxygen atoms in total. The molecule has 0 atom stereocenters. The van der Waals surface area contributed by atoms with Gasteiger partial charge in [-0.1, -0.05) is 26.0 Å². The summed E-state index contributed by atoms with van der Waals surface area (Å²) in [5, 5.41) is 1.32. The zero-order valence-corrected chi connectivity index (χ0v) is 16.8. The monoisotopic (exact) mass is 369 g/mol. The number of nitrogens with zero attached hydrogens (tertiary/aromatic N) is 4. The van der Waals surface area contributed by atoms with Gasteiger partial charge >= 0.3 is 0 Å². The van der Waals surface area contributed by atoms with Gasteiger partial charge in [0.25, 0.3) is 0 Å². The maximum absolute atomic E-state index is 4.39. The Morgan fingerprint density at radius 1 is 1.19 bits per heavy atom. The molecule has 0 aliphatic heterocycles. The van der Waals surface area contributed by atoms with Gasteiger partial charge in [0.2, 0.25) is 0 Å². The summed E-state index contributed by atoms with van der Waals surface area (Å²) in [6.07, 6.45) is 6.89. The van der Waals surface area contributed by atoms with Crippen LogP contribution in [-0.2, 0) is 13.0 Å².